The van der Waals surface area contributed by atoms with E-state index in [4.69, 9.17) is 23.2 Å². The van der Waals surface area contributed by atoms with E-state index >= 15 is 0 Å². The number of nitro groups is 1. The van der Waals surface area contributed by atoms with Gasteiger partial charge in [0.15, 0.2) is 0 Å². The zero-order chi connectivity index (χ0) is 24.0. The number of alkyl halides is 1. The van der Waals surface area contributed by atoms with Crippen LogP contribution in [-0.2, 0) is 0 Å². The van der Waals surface area contributed by atoms with E-state index in [1.807, 2.05) is 24.3 Å². The first kappa shape index (κ1) is 23.0. The molecule has 174 valence electrons. The molecule has 3 aromatic rings. The van der Waals surface area contributed by atoms with Crippen molar-refractivity contribution in [2.45, 2.75) is 33.9 Å². The molecule has 1 fully saturated rings. The van der Waals surface area contributed by atoms with E-state index in [9.17, 15) is 20.0 Å². The van der Waals surface area contributed by atoms with Gasteiger partial charge in [-0.05, 0) is 59.9 Å². The molecule has 1 aliphatic heterocycles. The van der Waals surface area contributed by atoms with Crippen molar-refractivity contribution in [1.82, 2.24) is 0 Å². The van der Waals surface area contributed by atoms with Crippen LogP contribution >= 0.6 is 35.0 Å². The number of carbonyl (C=O) groups is 1. The van der Waals surface area contributed by atoms with Gasteiger partial charge in [-0.3, -0.25) is 10.1 Å². The van der Waals surface area contributed by atoms with E-state index in [0.29, 0.717) is 16.3 Å². The Labute approximate surface area is 210 Å². The largest absolute Gasteiger partial charge is 0.478 e. The summed E-state index contributed by atoms with van der Waals surface area (Å²) < 4.78 is 0. The fourth-order valence-corrected chi connectivity index (χ4v) is 7.19. The number of aromatic carboxylic acids is 1. The quantitative estimate of drug-likeness (QED) is 0.216. The molecule has 5 rings (SSSR count). The highest BCUT2D eigenvalue weighted by Gasteiger charge is 2.50. The lowest BCUT2D eigenvalue weighted by Crippen LogP contribution is -2.31. The maximum absolute atomic E-state index is 11.7. The maximum atomic E-state index is 11.7. The van der Waals surface area contributed by atoms with Gasteiger partial charge in [-0.25, -0.2) is 4.79 Å². The van der Waals surface area contributed by atoms with Gasteiger partial charge in [0.25, 0.3) is 5.69 Å². The van der Waals surface area contributed by atoms with Crippen LogP contribution in [0.1, 0.15) is 39.9 Å². The summed E-state index contributed by atoms with van der Waals surface area (Å²) in [5, 5.41) is 24.9. The van der Waals surface area contributed by atoms with Gasteiger partial charge in [0.1, 0.15) is 0 Å². The molecule has 5 atom stereocenters. The van der Waals surface area contributed by atoms with Crippen LogP contribution in [0.2, 0.25) is 5.02 Å². The highest BCUT2D eigenvalue weighted by Crippen LogP contribution is 2.58. The number of anilines is 1. The molecule has 1 heterocycles. The minimum atomic E-state index is -0.992. The first-order valence-electron chi connectivity index (χ1n) is 10.8. The number of nitro benzene ring substituents is 1. The summed E-state index contributed by atoms with van der Waals surface area (Å²) in [6.45, 7) is 0. The molecule has 1 saturated carbocycles. The van der Waals surface area contributed by atoms with Crippen molar-refractivity contribution in [3.05, 3.63) is 98.6 Å². The van der Waals surface area contributed by atoms with Crippen molar-refractivity contribution in [2.75, 3.05) is 5.32 Å². The number of hydrogen-bond donors (Lipinski definition) is 2. The first-order valence-corrected chi connectivity index (χ1v) is 12.5. The van der Waals surface area contributed by atoms with Crippen LogP contribution in [0.4, 0.5) is 11.4 Å². The minimum Gasteiger partial charge on any atom is -0.478 e. The van der Waals surface area contributed by atoms with E-state index in [-0.39, 0.29) is 44.7 Å². The molecule has 9 heteroatoms. The van der Waals surface area contributed by atoms with Crippen LogP contribution in [-0.4, -0.2) is 26.6 Å². The minimum absolute atomic E-state index is 0.0527. The van der Waals surface area contributed by atoms with Crippen molar-refractivity contribution in [2.24, 2.45) is 5.92 Å². The summed E-state index contributed by atoms with van der Waals surface area (Å²) in [6, 6.07) is 19.4. The third kappa shape index (κ3) is 4.13. The second-order valence-electron chi connectivity index (χ2n) is 8.53. The average molecular weight is 515 g/mol. The Balaban J connectivity index is 1.55. The Morgan fingerprint density at radius 3 is 2.56 bits per heavy atom. The number of carboxylic acids is 1. The number of halogens is 2. The van der Waals surface area contributed by atoms with Crippen LogP contribution in [0.3, 0.4) is 0 Å². The summed E-state index contributed by atoms with van der Waals surface area (Å²) in [6.07, 6.45) is 0.715. The topological polar surface area (TPSA) is 92.5 Å². The van der Waals surface area contributed by atoms with Crippen LogP contribution in [0.25, 0.3) is 0 Å². The lowest BCUT2D eigenvalue weighted by molar-refractivity contribution is -0.387. The molecule has 0 spiro atoms. The van der Waals surface area contributed by atoms with Crippen molar-refractivity contribution < 1.29 is 14.8 Å². The molecule has 1 aliphatic carbocycles. The number of rotatable bonds is 5. The Kier molecular flexibility index (Phi) is 6.18. The average Bonchev–Trinajstić information content (AvgIpc) is 3.15. The molecule has 2 N–H and O–H groups in total. The Bertz CT molecular complexity index is 1270. The fraction of sp³-hybridized carbons (Fsp3) is 0.240. The van der Waals surface area contributed by atoms with Gasteiger partial charge in [0.2, 0.25) is 0 Å². The third-order valence-electron chi connectivity index (χ3n) is 6.63. The van der Waals surface area contributed by atoms with Gasteiger partial charge < -0.3 is 10.4 Å². The number of hydrogen-bond acceptors (Lipinski definition) is 5. The Morgan fingerprint density at radius 1 is 1.12 bits per heavy atom. The molecular weight excluding hydrogens is 495 g/mol. The molecule has 0 radical (unpaired) electrons. The van der Waals surface area contributed by atoms with Crippen molar-refractivity contribution in [1.29, 1.82) is 0 Å². The molecule has 0 amide bonds. The Hall–Kier alpha value is -2.74. The lowest BCUT2D eigenvalue weighted by Gasteiger charge is -2.38. The van der Waals surface area contributed by atoms with E-state index in [1.165, 1.54) is 17.8 Å². The molecule has 0 aromatic heterocycles. The van der Waals surface area contributed by atoms with Gasteiger partial charge in [-0.15, -0.1) is 23.4 Å². The molecule has 0 bridgehead atoms. The van der Waals surface area contributed by atoms with Crippen molar-refractivity contribution in [3.8, 4) is 0 Å². The van der Waals surface area contributed by atoms with Crippen molar-refractivity contribution in [3.63, 3.8) is 0 Å². The standard InChI is InChI=1S/C25H20Cl2N2O4S/c26-15-8-5-13(6-9-15)24-17-12-21(34-20-4-2-1-3-19(20)29(32)33)23(27)22(17)16-11-14(25(30)31)7-10-18(16)28-24/h1-11,17,21-24,28H,12H2,(H,30,31)/t17-,21-,22-,23+,24-/m0/s1. The van der Waals surface area contributed by atoms with Gasteiger partial charge in [-0.2, -0.15) is 0 Å². The number of nitrogens with one attached hydrogen (secondary N) is 1. The van der Waals surface area contributed by atoms with Gasteiger partial charge in [0.05, 0.1) is 26.8 Å². The van der Waals surface area contributed by atoms with E-state index < -0.39 is 5.97 Å². The SMILES string of the molecule is O=C(O)c1ccc2c(c1)[C@@H]1[C@H](Cl)[C@@H](Sc3ccccc3[N+](=O)[O-])C[C@@H]1[C@H](c1ccc(Cl)cc1)N2. The number of benzene rings is 3. The van der Waals surface area contributed by atoms with E-state index in [2.05, 4.69) is 5.32 Å². The van der Waals surface area contributed by atoms with Gasteiger partial charge in [0, 0.05) is 27.9 Å². The lowest BCUT2D eigenvalue weighted by atomic mass is 9.77. The molecule has 0 unspecified atom stereocenters. The summed E-state index contributed by atoms with van der Waals surface area (Å²) >= 11 is 14.6. The second-order valence-corrected chi connectivity index (χ2v) is 10.8. The summed E-state index contributed by atoms with van der Waals surface area (Å²) in [4.78, 5) is 23.4. The van der Waals surface area contributed by atoms with Crippen LogP contribution in [0, 0.1) is 16.0 Å². The number of para-hydroxylation sites is 1. The predicted molar refractivity (Wildman–Crippen MR) is 134 cm³/mol. The number of carboxylic acid groups (broad SMARTS) is 1. The summed E-state index contributed by atoms with van der Waals surface area (Å²) in [5.41, 5.74) is 3.07. The Morgan fingerprint density at radius 2 is 1.85 bits per heavy atom. The van der Waals surface area contributed by atoms with Crippen molar-refractivity contribution >= 4 is 52.3 Å². The van der Waals surface area contributed by atoms with E-state index in [0.717, 1.165) is 16.8 Å². The predicted octanol–water partition coefficient (Wildman–Crippen LogP) is 6.99. The van der Waals surface area contributed by atoms with Gasteiger partial charge in [-0.1, -0.05) is 35.9 Å². The summed E-state index contributed by atoms with van der Waals surface area (Å²) in [7, 11) is 0. The second kappa shape index (κ2) is 9.13. The molecule has 3 aromatic carbocycles. The molecule has 34 heavy (non-hydrogen) atoms. The van der Waals surface area contributed by atoms with Gasteiger partial charge >= 0.3 is 5.97 Å². The highest BCUT2D eigenvalue weighted by atomic mass is 35.5. The van der Waals surface area contributed by atoms with E-state index in [1.54, 1.807) is 36.4 Å². The number of fused-ring (bicyclic) bond motifs is 3. The summed E-state index contributed by atoms with van der Waals surface area (Å²) in [5.74, 6) is -1.03. The third-order valence-corrected chi connectivity index (χ3v) is 8.99. The molecular formula is C25H20Cl2N2O4S. The maximum Gasteiger partial charge on any atom is 0.335 e. The number of thioether (sulfide) groups is 1. The fourth-order valence-electron chi connectivity index (χ4n) is 5.12. The zero-order valence-electron chi connectivity index (χ0n) is 17.7. The smallest absolute Gasteiger partial charge is 0.335 e. The normalized spacial score (nSPS) is 25.2. The highest BCUT2D eigenvalue weighted by molar-refractivity contribution is 8.00. The molecule has 0 saturated heterocycles. The zero-order valence-corrected chi connectivity index (χ0v) is 20.1. The van der Waals surface area contributed by atoms with Crippen LogP contribution < -0.4 is 5.32 Å². The monoisotopic (exact) mass is 514 g/mol. The number of nitrogens with zero attached hydrogens (tertiary/aromatic N) is 1. The first-order chi connectivity index (χ1) is 16.3. The molecule has 2 aliphatic rings. The van der Waals surface area contributed by atoms with Crippen LogP contribution in [0.5, 0.6) is 0 Å². The van der Waals surface area contributed by atoms with Crippen LogP contribution in [0.15, 0.2) is 71.6 Å². The molecule has 6 nitrogen and oxygen atoms in total.